The number of nitrogens with one attached hydrogen (secondary N) is 1. The molecule has 9 heteroatoms. The summed E-state index contributed by atoms with van der Waals surface area (Å²) in [7, 11) is -4.05. The SMILES string of the molecule is O=C(O)CCCNC(=O)C1=C2CC=CC=C2N(CCCS(=O)(=O)O)c2ccccc21. The Bertz CT molecular complexity index is 1040. The van der Waals surface area contributed by atoms with Crippen LogP contribution in [0.1, 0.15) is 31.2 Å². The number of hydrogen-bond acceptors (Lipinski definition) is 5. The monoisotopic (exact) mass is 432 g/mol. The molecular formula is C21H24N2O6S. The van der Waals surface area contributed by atoms with Crippen molar-refractivity contribution in [3.8, 4) is 0 Å². The summed E-state index contributed by atoms with van der Waals surface area (Å²) in [5, 5.41) is 11.6. The summed E-state index contributed by atoms with van der Waals surface area (Å²) in [6.07, 6.45) is 6.84. The lowest BCUT2D eigenvalue weighted by Gasteiger charge is -2.37. The van der Waals surface area contributed by atoms with Gasteiger partial charge in [0.25, 0.3) is 16.0 Å². The first kappa shape index (κ1) is 21.8. The van der Waals surface area contributed by atoms with Gasteiger partial charge in [0.2, 0.25) is 0 Å². The second-order valence-corrected chi connectivity index (χ2v) is 8.67. The average Bonchev–Trinajstić information content (AvgIpc) is 2.69. The third-order valence-corrected chi connectivity index (χ3v) is 5.75. The van der Waals surface area contributed by atoms with Crippen molar-refractivity contribution in [3.05, 3.63) is 59.3 Å². The molecule has 0 fully saturated rings. The van der Waals surface area contributed by atoms with Gasteiger partial charge < -0.3 is 15.3 Å². The summed E-state index contributed by atoms with van der Waals surface area (Å²) < 4.78 is 31.3. The normalized spacial score (nSPS) is 15.4. The fourth-order valence-corrected chi connectivity index (χ4v) is 4.18. The highest BCUT2D eigenvalue weighted by Gasteiger charge is 2.31. The Balaban J connectivity index is 1.90. The largest absolute Gasteiger partial charge is 0.481 e. The maximum Gasteiger partial charge on any atom is 0.303 e. The molecule has 0 unspecified atom stereocenters. The van der Waals surface area contributed by atoms with Gasteiger partial charge >= 0.3 is 5.97 Å². The van der Waals surface area contributed by atoms with Gasteiger partial charge in [-0.15, -0.1) is 0 Å². The van der Waals surface area contributed by atoms with Gasteiger partial charge in [-0.05, 0) is 37.0 Å². The standard InChI is InChI=1S/C21H24N2O6S/c24-19(25)11-5-12-22-21(26)20-15-7-1-3-9-17(15)23(13-6-14-30(27,28)29)18-10-4-2-8-16(18)20/h1-4,7,9-10H,5-6,8,11-14H2,(H,22,26)(H,24,25)(H,27,28,29). The number of benzene rings is 1. The van der Waals surface area contributed by atoms with Crippen LogP contribution in [0.15, 0.2) is 53.8 Å². The molecule has 0 aromatic heterocycles. The van der Waals surface area contributed by atoms with Crippen molar-refractivity contribution in [2.45, 2.75) is 25.7 Å². The van der Waals surface area contributed by atoms with Crippen LogP contribution in [0.4, 0.5) is 5.69 Å². The van der Waals surface area contributed by atoms with Crippen molar-refractivity contribution in [1.82, 2.24) is 5.32 Å². The second-order valence-electron chi connectivity index (χ2n) is 7.10. The van der Waals surface area contributed by atoms with Crippen LogP contribution >= 0.6 is 0 Å². The number of allylic oxidation sites excluding steroid dienone is 4. The molecule has 1 amide bonds. The van der Waals surface area contributed by atoms with E-state index in [0.29, 0.717) is 25.0 Å². The molecule has 0 radical (unpaired) electrons. The third kappa shape index (κ3) is 5.17. The smallest absolute Gasteiger partial charge is 0.303 e. The fourth-order valence-electron chi connectivity index (χ4n) is 3.68. The summed E-state index contributed by atoms with van der Waals surface area (Å²) in [6, 6.07) is 7.40. The number of anilines is 1. The number of para-hydroxylation sites is 1. The van der Waals surface area contributed by atoms with E-state index in [2.05, 4.69) is 5.32 Å². The molecule has 8 nitrogen and oxygen atoms in total. The van der Waals surface area contributed by atoms with E-state index in [9.17, 15) is 18.0 Å². The van der Waals surface area contributed by atoms with Gasteiger partial charge in [-0.2, -0.15) is 8.42 Å². The number of carboxylic acids is 1. The molecule has 3 N–H and O–H groups in total. The van der Waals surface area contributed by atoms with Crippen LogP contribution in [0.25, 0.3) is 5.57 Å². The second kappa shape index (κ2) is 9.27. The minimum atomic E-state index is -4.05. The molecule has 0 atom stereocenters. The van der Waals surface area contributed by atoms with E-state index < -0.39 is 16.1 Å². The zero-order valence-electron chi connectivity index (χ0n) is 16.4. The number of carbonyl (C=O) groups is 2. The summed E-state index contributed by atoms with van der Waals surface area (Å²) in [4.78, 5) is 25.7. The van der Waals surface area contributed by atoms with Gasteiger partial charge in [-0.25, -0.2) is 0 Å². The van der Waals surface area contributed by atoms with Crippen LogP contribution in [0, 0.1) is 0 Å². The Hall–Kier alpha value is -2.91. The molecule has 3 rings (SSSR count). The minimum absolute atomic E-state index is 0.0157. The number of carbonyl (C=O) groups excluding carboxylic acids is 1. The zero-order chi connectivity index (χ0) is 21.7. The summed E-state index contributed by atoms with van der Waals surface area (Å²) in [5.41, 5.74) is 3.72. The third-order valence-electron chi connectivity index (χ3n) is 4.94. The van der Waals surface area contributed by atoms with E-state index in [1.54, 1.807) is 0 Å². The molecule has 1 aromatic rings. The molecule has 1 heterocycles. The number of aliphatic carboxylic acids is 1. The number of rotatable bonds is 9. The van der Waals surface area contributed by atoms with Gasteiger partial charge in [0, 0.05) is 36.5 Å². The molecule has 30 heavy (non-hydrogen) atoms. The maximum absolute atomic E-state index is 13.0. The zero-order valence-corrected chi connectivity index (χ0v) is 17.2. The number of hydrogen-bond donors (Lipinski definition) is 3. The van der Waals surface area contributed by atoms with Crippen molar-refractivity contribution in [2.24, 2.45) is 0 Å². The molecule has 1 aromatic carbocycles. The first-order valence-corrected chi connectivity index (χ1v) is 11.3. The summed E-state index contributed by atoms with van der Waals surface area (Å²) in [5.74, 6) is -1.51. The topological polar surface area (TPSA) is 124 Å². The number of nitrogens with zero attached hydrogens (tertiary/aromatic N) is 1. The van der Waals surface area contributed by atoms with E-state index in [0.717, 1.165) is 22.5 Å². The predicted octanol–water partition coefficient (Wildman–Crippen LogP) is 2.36. The quantitative estimate of drug-likeness (QED) is 0.404. The highest BCUT2D eigenvalue weighted by molar-refractivity contribution is 7.85. The highest BCUT2D eigenvalue weighted by Crippen LogP contribution is 2.42. The Kier molecular flexibility index (Phi) is 6.73. The van der Waals surface area contributed by atoms with Gasteiger partial charge in [-0.1, -0.05) is 30.4 Å². The van der Waals surface area contributed by atoms with E-state index in [-0.39, 0.29) is 31.0 Å². The molecule has 0 saturated heterocycles. The lowest BCUT2D eigenvalue weighted by molar-refractivity contribution is -0.137. The van der Waals surface area contributed by atoms with Gasteiger partial charge in [0.15, 0.2) is 0 Å². The predicted molar refractivity (Wildman–Crippen MR) is 113 cm³/mol. The summed E-state index contributed by atoms with van der Waals surface area (Å²) in [6.45, 7) is 0.629. The van der Waals surface area contributed by atoms with E-state index >= 15 is 0 Å². The van der Waals surface area contributed by atoms with Crippen molar-refractivity contribution in [1.29, 1.82) is 0 Å². The molecule has 0 saturated carbocycles. The van der Waals surface area contributed by atoms with Crippen molar-refractivity contribution in [3.63, 3.8) is 0 Å². The number of fused-ring (bicyclic) bond motifs is 2. The Labute approximate surface area is 175 Å². The summed E-state index contributed by atoms with van der Waals surface area (Å²) >= 11 is 0. The van der Waals surface area contributed by atoms with Crippen LogP contribution in [-0.2, 0) is 19.7 Å². The number of amides is 1. The molecule has 1 aliphatic carbocycles. The van der Waals surface area contributed by atoms with Crippen LogP contribution in [0.2, 0.25) is 0 Å². The minimum Gasteiger partial charge on any atom is -0.481 e. The maximum atomic E-state index is 13.0. The van der Waals surface area contributed by atoms with E-state index in [1.165, 1.54) is 0 Å². The van der Waals surface area contributed by atoms with E-state index in [4.69, 9.17) is 9.66 Å². The highest BCUT2D eigenvalue weighted by atomic mass is 32.2. The molecule has 160 valence electrons. The van der Waals surface area contributed by atoms with Crippen LogP contribution in [-0.4, -0.2) is 48.8 Å². The first-order chi connectivity index (χ1) is 14.3. The first-order valence-electron chi connectivity index (χ1n) is 9.70. The van der Waals surface area contributed by atoms with Crippen molar-refractivity contribution in [2.75, 3.05) is 23.7 Å². The van der Waals surface area contributed by atoms with Crippen molar-refractivity contribution >= 4 is 33.3 Å². The molecular weight excluding hydrogens is 408 g/mol. The molecule has 2 aliphatic rings. The number of carboxylic acid groups (broad SMARTS) is 1. The van der Waals surface area contributed by atoms with Crippen molar-refractivity contribution < 1.29 is 27.7 Å². The Morgan fingerprint density at radius 2 is 1.93 bits per heavy atom. The Morgan fingerprint density at radius 3 is 2.67 bits per heavy atom. The molecule has 0 bridgehead atoms. The average molecular weight is 432 g/mol. The fraction of sp³-hybridized carbons (Fsp3) is 0.333. The molecule has 1 aliphatic heterocycles. The van der Waals surface area contributed by atoms with Crippen LogP contribution in [0.5, 0.6) is 0 Å². The van der Waals surface area contributed by atoms with Crippen LogP contribution < -0.4 is 10.2 Å². The van der Waals surface area contributed by atoms with E-state index in [1.807, 2.05) is 47.4 Å². The van der Waals surface area contributed by atoms with Gasteiger partial charge in [0.05, 0.1) is 11.3 Å². The lowest BCUT2D eigenvalue weighted by Crippen LogP contribution is -2.35. The Morgan fingerprint density at radius 1 is 1.17 bits per heavy atom. The van der Waals surface area contributed by atoms with Gasteiger partial charge in [-0.3, -0.25) is 14.1 Å². The molecule has 0 spiro atoms. The van der Waals surface area contributed by atoms with Crippen LogP contribution in [0.3, 0.4) is 0 Å². The van der Waals surface area contributed by atoms with Gasteiger partial charge in [0.1, 0.15) is 0 Å². The lowest BCUT2D eigenvalue weighted by atomic mass is 9.86.